The molecule has 0 radical (unpaired) electrons. The van der Waals surface area contributed by atoms with Crippen LogP contribution in [-0.2, 0) is 11.3 Å². The summed E-state index contributed by atoms with van der Waals surface area (Å²) in [5.41, 5.74) is 1.10. The van der Waals surface area contributed by atoms with Crippen LogP contribution in [0.1, 0.15) is 25.3 Å². The third-order valence-corrected chi connectivity index (χ3v) is 3.72. The van der Waals surface area contributed by atoms with Crippen molar-refractivity contribution in [2.75, 3.05) is 26.5 Å². The minimum absolute atomic E-state index is 0.299. The third kappa shape index (κ3) is 3.82. The summed E-state index contributed by atoms with van der Waals surface area (Å²) in [6.07, 6.45) is 2.57. The minimum atomic E-state index is 0.299. The number of ether oxygens (including phenoxy) is 3. The number of hydrogen-bond donors (Lipinski definition) is 2. The maximum Gasteiger partial charge on any atom is 0.231 e. The molecule has 22 heavy (non-hydrogen) atoms. The number of nitrogens with one attached hydrogen (secondary N) is 2. The molecular weight excluding hydrogens is 282 g/mol. The monoisotopic (exact) mass is 305 g/mol. The van der Waals surface area contributed by atoms with Gasteiger partial charge in [0.05, 0.1) is 12.6 Å². The van der Waals surface area contributed by atoms with E-state index >= 15 is 0 Å². The van der Waals surface area contributed by atoms with E-state index < -0.39 is 0 Å². The van der Waals surface area contributed by atoms with Gasteiger partial charge in [-0.05, 0) is 37.5 Å². The van der Waals surface area contributed by atoms with E-state index in [0.29, 0.717) is 19.4 Å². The molecule has 2 aliphatic heterocycles. The summed E-state index contributed by atoms with van der Waals surface area (Å²) in [4.78, 5) is 4.61. The first kappa shape index (κ1) is 15.0. The number of fused-ring (bicyclic) bond motifs is 1. The van der Waals surface area contributed by atoms with Crippen LogP contribution < -0.4 is 20.1 Å². The molecule has 1 fully saturated rings. The molecule has 120 valence electrons. The molecule has 1 atom stereocenters. The fraction of sp³-hybridized carbons (Fsp3) is 0.562. The Morgan fingerprint density at radius 1 is 1.27 bits per heavy atom. The van der Waals surface area contributed by atoms with E-state index in [0.717, 1.165) is 55.6 Å². The van der Waals surface area contributed by atoms with Gasteiger partial charge in [-0.3, -0.25) is 0 Å². The largest absolute Gasteiger partial charge is 0.454 e. The molecule has 0 saturated carbocycles. The van der Waals surface area contributed by atoms with E-state index in [2.05, 4.69) is 22.5 Å². The van der Waals surface area contributed by atoms with Crippen molar-refractivity contribution in [3.63, 3.8) is 0 Å². The lowest BCUT2D eigenvalue weighted by molar-refractivity contribution is 0.114. The summed E-state index contributed by atoms with van der Waals surface area (Å²) >= 11 is 0. The van der Waals surface area contributed by atoms with Crippen molar-refractivity contribution in [3.05, 3.63) is 23.8 Å². The number of aliphatic imine (C=N–C) groups is 1. The Hall–Kier alpha value is -1.95. The highest BCUT2D eigenvalue weighted by Crippen LogP contribution is 2.32. The molecule has 2 aliphatic rings. The van der Waals surface area contributed by atoms with Crippen molar-refractivity contribution in [3.8, 4) is 11.5 Å². The summed E-state index contributed by atoms with van der Waals surface area (Å²) in [6.45, 7) is 5.46. The Labute approximate surface area is 130 Å². The smallest absolute Gasteiger partial charge is 0.231 e. The number of benzene rings is 1. The fourth-order valence-electron chi connectivity index (χ4n) is 2.57. The summed E-state index contributed by atoms with van der Waals surface area (Å²) in [7, 11) is 0. The molecule has 0 amide bonds. The zero-order valence-electron chi connectivity index (χ0n) is 12.9. The van der Waals surface area contributed by atoms with Crippen molar-refractivity contribution in [2.45, 2.75) is 32.4 Å². The molecule has 0 spiro atoms. The van der Waals surface area contributed by atoms with Crippen molar-refractivity contribution >= 4 is 5.96 Å². The highest BCUT2D eigenvalue weighted by molar-refractivity contribution is 5.79. The first-order chi connectivity index (χ1) is 10.8. The SMILES string of the molecule is CCNC(=NCc1ccc2c(c1)OCO2)NCC1CCCO1. The lowest BCUT2D eigenvalue weighted by Crippen LogP contribution is -2.41. The highest BCUT2D eigenvalue weighted by atomic mass is 16.7. The zero-order valence-corrected chi connectivity index (χ0v) is 12.9. The molecule has 0 bridgehead atoms. The van der Waals surface area contributed by atoms with Gasteiger partial charge in [-0.2, -0.15) is 0 Å². The van der Waals surface area contributed by atoms with Crippen molar-refractivity contribution in [1.29, 1.82) is 0 Å². The molecule has 1 unspecified atom stereocenters. The van der Waals surface area contributed by atoms with Gasteiger partial charge < -0.3 is 24.8 Å². The van der Waals surface area contributed by atoms with Gasteiger partial charge in [-0.1, -0.05) is 6.07 Å². The maximum absolute atomic E-state index is 5.62. The van der Waals surface area contributed by atoms with E-state index in [1.165, 1.54) is 0 Å². The molecule has 1 saturated heterocycles. The summed E-state index contributed by atoms with van der Waals surface area (Å²) in [5.74, 6) is 2.41. The molecule has 0 aliphatic carbocycles. The van der Waals surface area contributed by atoms with Gasteiger partial charge in [0.1, 0.15) is 0 Å². The maximum atomic E-state index is 5.62. The molecule has 1 aromatic rings. The van der Waals surface area contributed by atoms with E-state index in [4.69, 9.17) is 14.2 Å². The van der Waals surface area contributed by atoms with Crippen molar-refractivity contribution in [1.82, 2.24) is 10.6 Å². The van der Waals surface area contributed by atoms with E-state index in [-0.39, 0.29) is 0 Å². The van der Waals surface area contributed by atoms with Gasteiger partial charge in [0.15, 0.2) is 17.5 Å². The average Bonchev–Trinajstić information content (AvgIpc) is 3.20. The number of nitrogens with zero attached hydrogens (tertiary/aromatic N) is 1. The van der Waals surface area contributed by atoms with Gasteiger partial charge >= 0.3 is 0 Å². The minimum Gasteiger partial charge on any atom is -0.454 e. The normalized spacial score (nSPS) is 20.2. The second-order valence-electron chi connectivity index (χ2n) is 5.40. The molecule has 1 aromatic carbocycles. The third-order valence-electron chi connectivity index (χ3n) is 3.72. The first-order valence-electron chi connectivity index (χ1n) is 7.87. The van der Waals surface area contributed by atoms with Crippen LogP contribution in [0.3, 0.4) is 0 Å². The Morgan fingerprint density at radius 2 is 2.18 bits per heavy atom. The standard InChI is InChI=1S/C16H23N3O3/c1-2-17-16(19-10-13-4-3-7-20-13)18-9-12-5-6-14-15(8-12)22-11-21-14/h5-6,8,13H,2-4,7,9-11H2,1H3,(H2,17,18,19). The summed E-state index contributed by atoms with van der Waals surface area (Å²) < 4.78 is 16.3. The second-order valence-corrected chi connectivity index (χ2v) is 5.40. The van der Waals surface area contributed by atoms with Crippen LogP contribution in [0.4, 0.5) is 0 Å². The van der Waals surface area contributed by atoms with E-state index in [1.54, 1.807) is 0 Å². The molecule has 6 nitrogen and oxygen atoms in total. The molecular formula is C16H23N3O3. The Balaban J connectivity index is 1.57. The van der Waals surface area contributed by atoms with Crippen molar-refractivity contribution < 1.29 is 14.2 Å². The van der Waals surface area contributed by atoms with Crippen LogP contribution in [0.2, 0.25) is 0 Å². The van der Waals surface area contributed by atoms with Crippen LogP contribution in [-0.4, -0.2) is 38.6 Å². The van der Waals surface area contributed by atoms with Crippen LogP contribution in [0.15, 0.2) is 23.2 Å². The lowest BCUT2D eigenvalue weighted by atomic mass is 10.2. The highest BCUT2D eigenvalue weighted by Gasteiger charge is 2.16. The summed E-state index contributed by atoms with van der Waals surface area (Å²) in [6, 6.07) is 5.93. The molecule has 3 rings (SSSR count). The van der Waals surface area contributed by atoms with Gasteiger partial charge in [0, 0.05) is 19.7 Å². The van der Waals surface area contributed by atoms with Crippen LogP contribution in [0, 0.1) is 0 Å². The van der Waals surface area contributed by atoms with E-state index in [1.807, 2.05) is 18.2 Å². The van der Waals surface area contributed by atoms with Gasteiger partial charge in [-0.25, -0.2) is 4.99 Å². The molecule has 0 aromatic heterocycles. The fourth-order valence-corrected chi connectivity index (χ4v) is 2.57. The number of hydrogen-bond acceptors (Lipinski definition) is 4. The quantitative estimate of drug-likeness (QED) is 0.640. The Morgan fingerprint density at radius 3 is 3.00 bits per heavy atom. The Kier molecular flexibility index (Phi) is 5.00. The van der Waals surface area contributed by atoms with E-state index in [9.17, 15) is 0 Å². The molecule has 6 heteroatoms. The average molecular weight is 305 g/mol. The lowest BCUT2D eigenvalue weighted by Gasteiger charge is -2.14. The zero-order chi connectivity index (χ0) is 15.2. The number of rotatable bonds is 5. The predicted octanol–water partition coefficient (Wildman–Crippen LogP) is 1.65. The molecule has 2 heterocycles. The van der Waals surface area contributed by atoms with Gasteiger partial charge in [0.2, 0.25) is 6.79 Å². The van der Waals surface area contributed by atoms with Crippen LogP contribution in [0.25, 0.3) is 0 Å². The first-order valence-corrected chi connectivity index (χ1v) is 7.87. The number of guanidine groups is 1. The van der Waals surface area contributed by atoms with Crippen molar-refractivity contribution in [2.24, 2.45) is 4.99 Å². The van der Waals surface area contributed by atoms with Gasteiger partial charge in [-0.15, -0.1) is 0 Å². The summed E-state index contributed by atoms with van der Waals surface area (Å²) in [5, 5.41) is 6.60. The topological polar surface area (TPSA) is 64.1 Å². The Bertz CT molecular complexity index is 527. The predicted molar refractivity (Wildman–Crippen MR) is 84.4 cm³/mol. The van der Waals surface area contributed by atoms with Crippen LogP contribution >= 0.6 is 0 Å². The van der Waals surface area contributed by atoms with Gasteiger partial charge in [0.25, 0.3) is 0 Å². The molecule has 2 N–H and O–H groups in total. The van der Waals surface area contributed by atoms with Crippen LogP contribution in [0.5, 0.6) is 11.5 Å². The second kappa shape index (κ2) is 7.35.